The van der Waals surface area contributed by atoms with Gasteiger partial charge in [0, 0.05) is 11.5 Å². The number of carbonyl (C=O) groups excluding carboxylic acids is 1. The molecule has 0 aliphatic carbocycles. The molecule has 1 aliphatic heterocycles. The number of nitrogens with zero attached hydrogens (tertiary/aromatic N) is 3. The summed E-state index contributed by atoms with van der Waals surface area (Å²) in [5.41, 5.74) is 6.08. The summed E-state index contributed by atoms with van der Waals surface area (Å²) in [5, 5.41) is 4.03. The quantitative estimate of drug-likeness (QED) is 0.863. The van der Waals surface area contributed by atoms with Crippen molar-refractivity contribution >= 4 is 32.5 Å². The van der Waals surface area contributed by atoms with Gasteiger partial charge in [-0.1, -0.05) is 16.6 Å². The van der Waals surface area contributed by atoms with E-state index in [1.165, 1.54) is 12.1 Å². The molecule has 2 aromatic rings. The molecule has 19 heavy (non-hydrogen) atoms. The lowest BCUT2D eigenvalue weighted by atomic mass is 10.2. The van der Waals surface area contributed by atoms with Crippen LogP contribution in [0.1, 0.15) is 16.1 Å². The average Bonchev–Trinajstić information content (AvgIpc) is 2.87. The van der Waals surface area contributed by atoms with Gasteiger partial charge in [-0.25, -0.2) is 12.7 Å². The van der Waals surface area contributed by atoms with Crippen LogP contribution in [0.5, 0.6) is 0 Å². The molecule has 2 N–H and O–H groups in total. The Kier molecular flexibility index (Phi) is 2.54. The molecular formula is C10H8N4O3S2. The minimum Gasteiger partial charge on any atom is -0.388 e. The van der Waals surface area contributed by atoms with Crippen LogP contribution >= 0.6 is 11.5 Å². The van der Waals surface area contributed by atoms with Crippen molar-refractivity contribution in [3.8, 4) is 0 Å². The average molecular weight is 296 g/mol. The Morgan fingerprint density at radius 1 is 1.32 bits per heavy atom. The second kappa shape index (κ2) is 4.00. The highest BCUT2D eigenvalue weighted by Crippen LogP contribution is 2.31. The molecule has 0 bridgehead atoms. The van der Waals surface area contributed by atoms with Crippen molar-refractivity contribution in [3.63, 3.8) is 0 Å². The summed E-state index contributed by atoms with van der Waals surface area (Å²) < 4.78 is 28.9. The first-order valence-electron chi connectivity index (χ1n) is 5.24. The maximum Gasteiger partial charge on any atom is 0.269 e. The van der Waals surface area contributed by atoms with E-state index < -0.39 is 15.9 Å². The highest BCUT2D eigenvalue weighted by atomic mass is 32.2. The molecule has 7 nitrogen and oxygen atoms in total. The Bertz CT molecular complexity index is 769. The molecule has 0 radical (unpaired) electrons. The van der Waals surface area contributed by atoms with Gasteiger partial charge in [0.15, 0.2) is 0 Å². The third-order valence-electron chi connectivity index (χ3n) is 2.79. The fourth-order valence-electron chi connectivity index (χ4n) is 1.85. The third-order valence-corrected chi connectivity index (χ3v) is 5.17. The minimum absolute atomic E-state index is 0.0155. The van der Waals surface area contributed by atoms with Crippen LogP contribution in [0.25, 0.3) is 0 Å². The minimum atomic E-state index is -3.82. The molecule has 9 heteroatoms. The molecule has 1 aromatic heterocycles. The molecule has 0 saturated carbocycles. The van der Waals surface area contributed by atoms with Crippen LogP contribution < -0.4 is 5.73 Å². The van der Waals surface area contributed by atoms with E-state index >= 15 is 0 Å². The van der Waals surface area contributed by atoms with E-state index in [2.05, 4.69) is 9.59 Å². The molecular weight excluding hydrogens is 288 g/mol. The van der Waals surface area contributed by atoms with Gasteiger partial charge in [-0.3, -0.25) is 4.79 Å². The number of nitrogen functional groups attached to an aromatic ring is 1. The van der Waals surface area contributed by atoms with Crippen LogP contribution in [0.15, 0.2) is 29.2 Å². The molecule has 0 unspecified atom stereocenters. The number of amides is 1. The molecule has 1 aromatic carbocycles. The zero-order chi connectivity index (χ0) is 13.6. The largest absolute Gasteiger partial charge is 0.388 e. The summed E-state index contributed by atoms with van der Waals surface area (Å²) in [6.45, 7) is -0.196. The second-order valence-corrected chi connectivity index (χ2v) is 6.51. The lowest BCUT2D eigenvalue weighted by Crippen LogP contribution is -2.29. The van der Waals surface area contributed by atoms with Crippen LogP contribution in [0.2, 0.25) is 0 Å². The van der Waals surface area contributed by atoms with E-state index in [0.717, 1.165) is 15.8 Å². The van der Waals surface area contributed by atoms with E-state index in [1.54, 1.807) is 12.1 Å². The number of anilines is 1. The van der Waals surface area contributed by atoms with E-state index in [9.17, 15) is 13.2 Å². The first-order valence-corrected chi connectivity index (χ1v) is 7.46. The fraction of sp³-hybridized carbons (Fsp3) is 0.100. The van der Waals surface area contributed by atoms with E-state index in [0.29, 0.717) is 5.00 Å². The van der Waals surface area contributed by atoms with Gasteiger partial charge in [-0.15, -0.1) is 5.10 Å². The number of hydrogen-bond acceptors (Lipinski definition) is 7. The number of benzene rings is 1. The van der Waals surface area contributed by atoms with E-state index in [4.69, 9.17) is 5.73 Å². The molecule has 98 valence electrons. The topological polar surface area (TPSA) is 106 Å². The highest BCUT2D eigenvalue weighted by molar-refractivity contribution is 7.90. The zero-order valence-corrected chi connectivity index (χ0v) is 11.1. The molecule has 3 rings (SSSR count). The fourth-order valence-corrected chi connectivity index (χ4v) is 3.82. The number of fused-ring (bicyclic) bond motifs is 1. The van der Waals surface area contributed by atoms with Crippen LogP contribution in [0.4, 0.5) is 5.00 Å². The normalized spacial score (nSPS) is 16.6. The number of carbonyl (C=O) groups is 1. The molecule has 0 saturated heterocycles. The molecule has 2 heterocycles. The third kappa shape index (κ3) is 1.70. The maximum atomic E-state index is 12.3. The Balaban J connectivity index is 2.06. The summed E-state index contributed by atoms with van der Waals surface area (Å²) >= 11 is 0.957. The highest BCUT2D eigenvalue weighted by Gasteiger charge is 2.41. The number of sulfonamides is 1. The molecule has 0 spiro atoms. The van der Waals surface area contributed by atoms with Crippen LogP contribution in [-0.2, 0) is 16.6 Å². The van der Waals surface area contributed by atoms with Crippen molar-refractivity contribution in [2.75, 3.05) is 5.73 Å². The summed E-state index contributed by atoms with van der Waals surface area (Å²) in [4.78, 5) is 12.1. The van der Waals surface area contributed by atoms with E-state index in [-0.39, 0.29) is 22.7 Å². The summed E-state index contributed by atoms with van der Waals surface area (Å²) in [6, 6.07) is 6.09. The van der Waals surface area contributed by atoms with Crippen LogP contribution in [-0.4, -0.2) is 28.2 Å². The standard InChI is InChI=1S/C10H8N4O3S2/c11-9-7(12-13-18-9)5-14-10(15)6-3-1-2-4-8(6)19(14,16)17/h1-4H,5,11H2. The number of hydrogen-bond donors (Lipinski definition) is 1. The zero-order valence-electron chi connectivity index (χ0n) is 9.48. The Labute approximate surface area is 112 Å². The first kappa shape index (κ1) is 12.1. The Hall–Kier alpha value is -2.00. The van der Waals surface area contributed by atoms with Crippen molar-refractivity contribution in [3.05, 3.63) is 35.5 Å². The van der Waals surface area contributed by atoms with Gasteiger partial charge in [0.2, 0.25) is 0 Å². The van der Waals surface area contributed by atoms with Crippen LogP contribution in [0, 0.1) is 0 Å². The smallest absolute Gasteiger partial charge is 0.269 e. The molecule has 0 fully saturated rings. The monoisotopic (exact) mass is 296 g/mol. The predicted molar refractivity (Wildman–Crippen MR) is 67.8 cm³/mol. The van der Waals surface area contributed by atoms with Crippen molar-refractivity contribution in [2.45, 2.75) is 11.4 Å². The molecule has 1 amide bonds. The van der Waals surface area contributed by atoms with Gasteiger partial charge < -0.3 is 5.73 Å². The Morgan fingerprint density at radius 2 is 2.05 bits per heavy atom. The van der Waals surface area contributed by atoms with E-state index in [1.807, 2.05) is 0 Å². The summed E-state index contributed by atoms with van der Waals surface area (Å²) in [5.74, 6) is -0.567. The molecule has 1 aliphatic rings. The first-order chi connectivity index (χ1) is 9.01. The van der Waals surface area contributed by atoms with Crippen molar-refractivity contribution in [1.82, 2.24) is 13.9 Å². The van der Waals surface area contributed by atoms with Gasteiger partial charge in [-0.05, 0) is 12.1 Å². The van der Waals surface area contributed by atoms with Gasteiger partial charge in [0.25, 0.3) is 15.9 Å². The predicted octanol–water partition coefficient (Wildman–Crippen LogP) is 0.465. The Morgan fingerprint density at radius 3 is 2.68 bits per heavy atom. The maximum absolute atomic E-state index is 12.3. The summed E-state index contributed by atoms with van der Waals surface area (Å²) in [7, 11) is -3.82. The number of nitrogens with two attached hydrogens (primary N) is 1. The van der Waals surface area contributed by atoms with Crippen LogP contribution in [0.3, 0.4) is 0 Å². The van der Waals surface area contributed by atoms with Gasteiger partial charge in [0.05, 0.1) is 12.1 Å². The SMILES string of the molecule is Nc1snnc1CN1C(=O)c2ccccc2S1(=O)=O. The number of rotatable bonds is 2. The van der Waals surface area contributed by atoms with Gasteiger partial charge in [0.1, 0.15) is 15.6 Å². The van der Waals surface area contributed by atoms with Gasteiger partial charge >= 0.3 is 0 Å². The lowest BCUT2D eigenvalue weighted by molar-refractivity contribution is 0.0864. The van der Waals surface area contributed by atoms with Crippen molar-refractivity contribution < 1.29 is 13.2 Å². The number of aromatic nitrogens is 2. The second-order valence-electron chi connectivity index (χ2n) is 3.90. The van der Waals surface area contributed by atoms with Gasteiger partial charge in [-0.2, -0.15) is 0 Å². The van der Waals surface area contributed by atoms with Crippen molar-refractivity contribution in [2.24, 2.45) is 0 Å². The lowest BCUT2D eigenvalue weighted by Gasteiger charge is -2.13. The molecule has 0 atom stereocenters. The van der Waals surface area contributed by atoms with Crippen molar-refractivity contribution in [1.29, 1.82) is 0 Å². The summed E-state index contributed by atoms with van der Waals surface area (Å²) in [6.07, 6.45) is 0.